The van der Waals surface area contributed by atoms with E-state index in [2.05, 4.69) is 36.4 Å². The minimum atomic E-state index is -0.983. The Labute approximate surface area is 336 Å². The predicted octanol–water partition coefficient (Wildman–Crippen LogP) is 4.53. The minimum absolute atomic E-state index is 0.0298. The smallest absolute Gasteiger partial charge is 0.251 e. The maximum atomic E-state index is 15.8. The number of hydroxylamine groups is 2. The van der Waals surface area contributed by atoms with Gasteiger partial charge in [-0.25, -0.2) is 4.39 Å². The van der Waals surface area contributed by atoms with Gasteiger partial charge in [0.05, 0.1) is 26.4 Å². The fraction of sp³-hybridized carbons (Fsp3) is 0.568. The molecule has 1 saturated heterocycles. The summed E-state index contributed by atoms with van der Waals surface area (Å²) in [5.41, 5.74) is 3.57. The fourth-order valence-electron chi connectivity index (χ4n) is 9.67. The third kappa shape index (κ3) is 8.97. The van der Waals surface area contributed by atoms with Crippen molar-refractivity contribution in [2.45, 2.75) is 83.8 Å². The molecule has 2 bridgehead atoms. The number of anilines is 1. The Morgan fingerprint density at radius 2 is 1.88 bits per heavy atom. The van der Waals surface area contributed by atoms with E-state index in [1.807, 2.05) is 62.3 Å². The van der Waals surface area contributed by atoms with E-state index < -0.39 is 36.6 Å². The van der Waals surface area contributed by atoms with Crippen LogP contribution in [0.15, 0.2) is 54.7 Å². The van der Waals surface area contributed by atoms with Gasteiger partial charge in [-0.3, -0.25) is 19.4 Å². The number of amides is 2. The van der Waals surface area contributed by atoms with Crippen LogP contribution < -0.4 is 20.3 Å². The lowest BCUT2D eigenvalue weighted by Gasteiger charge is -2.62. The van der Waals surface area contributed by atoms with E-state index in [1.54, 1.807) is 25.3 Å². The van der Waals surface area contributed by atoms with Gasteiger partial charge in [0.15, 0.2) is 0 Å². The van der Waals surface area contributed by atoms with Crippen molar-refractivity contribution in [2.24, 2.45) is 29.1 Å². The summed E-state index contributed by atoms with van der Waals surface area (Å²) in [6.07, 6.45) is 2.47. The highest BCUT2D eigenvalue weighted by Crippen LogP contribution is 2.61. The number of aliphatic hydroxyl groups is 2. The van der Waals surface area contributed by atoms with Gasteiger partial charge in [-0.15, -0.1) is 0 Å². The van der Waals surface area contributed by atoms with E-state index in [0.717, 1.165) is 24.2 Å². The molecule has 0 spiro atoms. The summed E-state index contributed by atoms with van der Waals surface area (Å²) >= 11 is 0. The number of nitrogens with one attached hydrogen (secondary N) is 2. The molecule has 13 heteroatoms. The Hall–Kier alpha value is -4.14. The molecule has 4 fully saturated rings. The average Bonchev–Trinajstić information content (AvgIpc) is 3.53. The number of hydrogen-bond acceptors (Lipinski definition) is 10. The number of methoxy groups -OCH3 is 1. The highest BCUT2D eigenvalue weighted by molar-refractivity contribution is 5.97. The van der Waals surface area contributed by atoms with Crippen LogP contribution in [0.4, 0.5) is 10.1 Å². The summed E-state index contributed by atoms with van der Waals surface area (Å²) < 4.78 is 21.8. The topological polar surface area (TPSA) is 140 Å². The number of carbonyl (C=O) groups excluding carboxylic acids is 2. The summed E-state index contributed by atoms with van der Waals surface area (Å²) in [4.78, 5) is 42.8. The van der Waals surface area contributed by atoms with Crippen molar-refractivity contribution in [3.8, 4) is 16.9 Å². The van der Waals surface area contributed by atoms with Crippen molar-refractivity contribution in [1.29, 1.82) is 0 Å². The third-order valence-electron chi connectivity index (χ3n) is 12.8. The summed E-state index contributed by atoms with van der Waals surface area (Å²) in [6.45, 7) is 8.50. The van der Waals surface area contributed by atoms with Crippen LogP contribution in [0, 0.1) is 34.9 Å². The number of benzene rings is 2. The number of aromatic nitrogens is 1. The molecule has 4 N–H and O–H groups in total. The van der Waals surface area contributed by atoms with Crippen molar-refractivity contribution >= 4 is 17.5 Å². The van der Waals surface area contributed by atoms with Crippen molar-refractivity contribution in [3.05, 3.63) is 77.4 Å². The zero-order valence-corrected chi connectivity index (χ0v) is 34.8. The lowest BCUT2D eigenvalue weighted by Crippen LogP contribution is -2.62. The molecule has 7 rings (SSSR count). The number of aliphatic hydroxyl groups excluding tert-OH is 2. The molecule has 3 aliphatic carbocycles. The molecular formula is C44H61FN6O6. The number of likely N-dealkylation sites (N-methyl/N-ethyl adjacent to an activating group) is 1. The van der Waals surface area contributed by atoms with E-state index in [-0.39, 0.29) is 41.8 Å². The summed E-state index contributed by atoms with van der Waals surface area (Å²) in [5, 5.41) is 29.3. The zero-order valence-electron chi connectivity index (χ0n) is 34.8. The lowest BCUT2D eigenvalue weighted by molar-refractivity contribution is -0.183. The van der Waals surface area contributed by atoms with Gasteiger partial charge in [0, 0.05) is 79.3 Å². The number of fused-ring (bicyclic) bond motifs is 2. The van der Waals surface area contributed by atoms with Crippen LogP contribution in [0.1, 0.15) is 62.2 Å². The number of pyridine rings is 1. The van der Waals surface area contributed by atoms with Crippen LogP contribution in [-0.4, -0.2) is 116 Å². The highest BCUT2D eigenvalue weighted by atomic mass is 19.1. The first-order valence-corrected chi connectivity index (χ1v) is 20.1. The van der Waals surface area contributed by atoms with Gasteiger partial charge < -0.3 is 35.4 Å². The second-order valence-corrected chi connectivity index (χ2v) is 17.5. The second kappa shape index (κ2) is 17.4. The Morgan fingerprint density at radius 1 is 1.12 bits per heavy atom. The van der Waals surface area contributed by atoms with Gasteiger partial charge in [0.25, 0.3) is 5.91 Å². The van der Waals surface area contributed by atoms with Crippen LogP contribution in [-0.2, 0) is 22.6 Å². The molecular weight excluding hydrogens is 728 g/mol. The SMILES string of the molecule is COc1c(CN2O[C@@H](CO)[C@@H]([C@H](C)O)[C@H]2C(=O)N[C@H]2C[C@@H]3C[C@H]([C@@H]2C)C3(C)C)cc(F)cc1-c1cc(C(=O)N[C@@H](Cc2ccccn2)CN(C)C)cc(N(C)C)c1. The van der Waals surface area contributed by atoms with E-state index in [9.17, 15) is 19.8 Å². The fourth-order valence-corrected chi connectivity index (χ4v) is 9.67. The molecule has 0 unspecified atom stereocenters. The molecule has 2 amide bonds. The molecule has 2 aromatic carbocycles. The highest BCUT2D eigenvalue weighted by Gasteiger charge is 2.57. The van der Waals surface area contributed by atoms with Crippen LogP contribution in [0.3, 0.4) is 0 Å². The first kappa shape index (κ1) is 42.5. The quantitative estimate of drug-likeness (QED) is 0.174. The van der Waals surface area contributed by atoms with Gasteiger partial charge in [0.1, 0.15) is 23.7 Å². The molecule has 1 aliphatic heterocycles. The number of halogens is 1. The molecule has 3 saturated carbocycles. The Morgan fingerprint density at radius 3 is 2.47 bits per heavy atom. The normalized spacial score (nSPS) is 26.4. The number of hydrogen-bond donors (Lipinski definition) is 4. The maximum absolute atomic E-state index is 15.8. The average molecular weight is 789 g/mol. The Bertz CT molecular complexity index is 1890. The van der Waals surface area contributed by atoms with E-state index in [4.69, 9.17) is 9.57 Å². The Kier molecular flexibility index (Phi) is 12.9. The Balaban J connectivity index is 1.31. The molecule has 4 aliphatic rings. The van der Waals surface area contributed by atoms with Gasteiger partial charge in [0.2, 0.25) is 5.91 Å². The van der Waals surface area contributed by atoms with Crippen molar-refractivity contribution < 1.29 is 33.8 Å². The first-order chi connectivity index (χ1) is 27.0. The molecule has 0 radical (unpaired) electrons. The van der Waals surface area contributed by atoms with E-state index in [0.29, 0.717) is 52.8 Å². The van der Waals surface area contributed by atoms with Gasteiger partial charge >= 0.3 is 0 Å². The number of ether oxygens (including phenoxy) is 1. The number of nitrogens with zero attached hydrogens (tertiary/aromatic N) is 4. The molecule has 2 heterocycles. The minimum Gasteiger partial charge on any atom is -0.496 e. The summed E-state index contributed by atoms with van der Waals surface area (Å²) in [5.74, 6) is -0.230. The van der Waals surface area contributed by atoms with Crippen LogP contribution in [0.2, 0.25) is 0 Å². The van der Waals surface area contributed by atoms with E-state index in [1.165, 1.54) is 24.3 Å². The van der Waals surface area contributed by atoms with Crippen molar-refractivity contribution in [2.75, 3.05) is 53.4 Å². The number of rotatable bonds is 15. The zero-order chi connectivity index (χ0) is 41.3. The first-order valence-electron chi connectivity index (χ1n) is 20.1. The van der Waals surface area contributed by atoms with E-state index >= 15 is 4.39 Å². The standard InChI is InChI=1S/C44H61FN6O6/c1-25-36-18-30(44(36,3)4)19-37(25)48-43(55)40-39(26(2)53)38(24-52)57-51(40)22-29-15-31(45)20-35(41(29)56-9)27-14-28(17-34(16-27)50(7)8)42(54)47-33(23-49(5)6)21-32-12-10-11-13-46-32/h10-17,20,25-26,30,33,36-40,52-53H,18-19,21-24H2,1-9H3,(H,47,54)(H,48,55)/t25-,26-,30-,33-,36+,37-,38-,39+,40-/m0/s1. The summed E-state index contributed by atoms with van der Waals surface area (Å²) in [7, 11) is 9.14. The van der Waals surface area contributed by atoms with Crippen LogP contribution >= 0.6 is 0 Å². The second-order valence-electron chi connectivity index (χ2n) is 17.5. The molecule has 310 valence electrons. The molecule has 57 heavy (non-hydrogen) atoms. The van der Waals surface area contributed by atoms with Crippen LogP contribution in [0.25, 0.3) is 11.1 Å². The lowest BCUT2D eigenvalue weighted by atomic mass is 9.45. The van der Waals surface area contributed by atoms with Crippen LogP contribution in [0.5, 0.6) is 5.75 Å². The maximum Gasteiger partial charge on any atom is 0.251 e. The van der Waals surface area contributed by atoms with Gasteiger partial charge in [-0.05, 0) is 105 Å². The summed E-state index contributed by atoms with van der Waals surface area (Å²) in [6, 6.07) is 12.6. The molecule has 3 aromatic rings. The predicted molar refractivity (Wildman–Crippen MR) is 218 cm³/mol. The van der Waals surface area contributed by atoms with Gasteiger partial charge in [-0.1, -0.05) is 26.8 Å². The van der Waals surface area contributed by atoms with Crippen molar-refractivity contribution in [1.82, 2.24) is 25.6 Å². The third-order valence-corrected chi connectivity index (χ3v) is 12.8. The molecule has 1 aromatic heterocycles. The van der Waals surface area contributed by atoms with Crippen molar-refractivity contribution in [3.63, 3.8) is 0 Å². The monoisotopic (exact) mass is 788 g/mol. The number of carbonyl (C=O) groups is 2. The largest absolute Gasteiger partial charge is 0.496 e. The molecule has 9 atom stereocenters. The van der Waals surface area contributed by atoms with Gasteiger partial charge in [-0.2, -0.15) is 5.06 Å². The molecule has 12 nitrogen and oxygen atoms in total.